The molecule has 2 amide bonds. The third-order valence-electron chi connectivity index (χ3n) is 1.03. The monoisotopic (exact) mass is 168 g/mol. The molecular weight excluding hydrogens is 160 g/mol. The molecule has 12 heavy (non-hydrogen) atoms. The molecule has 7 nitrogen and oxygen atoms in total. The Kier molecular flexibility index (Phi) is 2.77. The lowest BCUT2D eigenvalue weighted by atomic mass is 10.4. The van der Waals surface area contributed by atoms with Gasteiger partial charge < -0.3 is 11.1 Å². The maximum absolute atomic E-state index is 10.2. The molecule has 0 aliphatic rings. The minimum absolute atomic E-state index is 0.497. The minimum Gasteiger partial charge on any atom is -0.351 e. The van der Waals surface area contributed by atoms with Crippen LogP contribution < -0.4 is 11.1 Å². The number of carbonyl (C=O) groups excluding carboxylic acids is 1. The van der Waals surface area contributed by atoms with Crippen LogP contribution in [-0.4, -0.2) is 26.7 Å². The zero-order valence-electron chi connectivity index (χ0n) is 6.19. The summed E-state index contributed by atoms with van der Waals surface area (Å²) in [6.07, 6.45) is 3.59. The van der Waals surface area contributed by atoms with Gasteiger partial charge in [0.25, 0.3) is 0 Å². The van der Waals surface area contributed by atoms with Gasteiger partial charge in [-0.25, -0.2) is 4.79 Å². The molecule has 0 saturated carbocycles. The lowest BCUT2D eigenvalue weighted by molar-refractivity contribution is 0.252. The van der Waals surface area contributed by atoms with Crippen molar-refractivity contribution in [3.8, 4) is 0 Å². The fraction of sp³-hybridized carbons (Fsp3) is 0.200. The molecule has 7 heteroatoms. The normalized spacial score (nSPS) is 10.3. The van der Waals surface area contributed by atoms with E-state index in [0.717, 1.165) is 0 Å². The average molecular weight is 168 g/mol. The number of urea groups is 1. The second-order valence-corrected chi connectivity index (χ2v) is 1.94. The van der Waals surface area contributed by atoms with Gasteiger partial charge in [-0.3, -0.25) is 0 Å². The number of rotatable bonds is 3. The van der Waals surface area contributed by atoms with E-state index in [1.54, 1.807) is 6.08 Å². The summed E-state index contributed by atoms with van der Waals surface area (Å²) in [5, 5.41) is 15.3. The van der Waals surface area contributed by atoms with E-state index >= 15 is 0 Å². The van der Waals surface area contributed by atoms with Gasteiger partial charge in [0.1, 0.15) is 0 Å². The molecule has 0 aliphatic heterocycles. The van der Waals surface area contributed by atoms with Gasteiger partial charge in [-0.05, 0) is 0 Å². The predicted octanol–water partition coefficient (Wildman–Crippen LogP) is -1.08. The highest BCUT2D eigenvalue weighted by Gasteiger charge is 1.92. The van der Waals surface area contributed by atoms with Crippen molar-refractivity contribution in [1.82, 2.24) is 25.9 Å². The van der Waals surface area contributed by atoms with E-state index in [1.165, 1.54) is 6.20 Å². The van der Waals surface area contributed by atoms with Gasteiger partial charge in [0.05, 0.1) is 0 Å². The van der Waals surface area contributed by atoms with Crippen molar-refractivity contribution in [2.24, 2.45) is 5.73 Å². The van der Waals surface area contributed by atoms with E-state index in [9.17, 15) is 4.79 Å². The number of nitrogens with zero attached hydrogens (tertiary/aromatic N) is 3. The summed E-state index contributed by atoms with van der Waals surface area (Å²) in [5.41, 5.74) is 4.80. The van der Waals surface area contributed by atoms with Gasteiger partial charge in [-0.1, -0.05) is 11.3 Å². The Bertz CT molecular complexity index is 265. The predicted molar refractivity (Wildman–Crippen MR) is 39.7 cm³/mol. The zero-order chi connectivity index (χ0) is 8.81. The van der Waals surface area contributed by atoms with Gasteiger partial charge in [0.15, 0.2) is 5.82 Å². The third kappa shape index (κ3) is 2.78. The van der Waals surface area contributed by atoms with E-state index in [4.69, 9.17) is 5.73 Å². The van der Waals surface area contributed by atoms with Crippen LogP contribution in [0.2, 0.25) is 0 Å². The van der Waals surface area contributed by atoms with E-state index < -0.39 is 6.03 Å². The number of hydrogen-bond acceptors (Lipinski definition) is 4. The molecule has 1 aromatic heterocycles. The maximum Gasteiger partial charge on any atom is 0.316 e. The first-order chi connectivity index (χ1) is 5.79. The molecule has 1 rings (SSSR count). The Morgan fingerprint density at radius 3 is 3.17 bits per heavy atom. The first kappa shape index (κ1) is 8.18. The van der Waals surface area contributed by atoms with Crippen molar-refractivity contribution in [2.75, 3.05) is 0 Å². The Balaban J connectivity index is 2.26. The molecule has 1 heterocycles. The van der Waals surface area contributed by atoms with Crippen LogP contribution in [0.5, 0.6) is 0 Å². The Morgan fingerprint density at radius 1 is 1.75 bits per heavy atom. The Labute approximate surface area is 68.0 Å². The highest BCUT2D eigenvalue weighted by atomic mass is 16.2. The van der Waals surface area contributed by atoms with Crippen LogP contribution in [0.3, 0.4) is 0 Å². The van der Waals surface area contributed by atoms with Crippen molar-refractivity contribution in [3.63, 3.8) is 0 Å². The maximum atomic E-state index is 10.2. The first-order valence-corrected chi connectivity index (χ1v) is 3.22. The Hall–Kier alpha value is -1.92. The van der Waals surface area contributed by atoms with Crippen molar-refractivity contribution in [1.29, 1.82) is 0 Å². The molecule has 1 aromatic rings. The van der Waals surface area contributed by atoms with Gasteiger partial charge in [0.2, 0.25) is 0 Å². The van der Waals surface area contributed by atoms with Crippen LogP contribution >= 0.6 is 0 Å². The van der Waals surface area contributed by atoms with Crippen molar-refractivity contribution in [2.45, 2.75) is 6.42 Å². The number of tetrazole rings is 1. The molecule has 0 aromatic carbocycles. The second kappa shape index (κ2) is 4.06. The molecule has 4 N–H and O–H groups in total. The van der Waals surface area contributed by atoms with Crippen LogP contribution in [0.1, 0.15) is 5.82 Å². The van der Waals surface area contributed by atoms with E-state index in [0.29, 0.717) is 12.2 Å². The van der Waals surface area contributed by atoms with Gasteiger partial charge >= 0.3 is 6.03 Å². The smallest absolute Gasteiger partial charge is 0.316 e. The highest BCUT2D eigenvalue weighted by molar-refractivity contribution is 5.72. The lowest BCUT2D eigenvalue weighted by Gasteiger charge is -1.88. The summed E-state index contributed by atoms with van der Waals surface area (Å²) in [6, 6.07) is -0.598. The van der Waals surface area contributed by atoms with Gasteiger partial charge in [-0.15, -0.1) is 10.2 Å². The molecule has 0 bridgehead atoms. The van der Waals surface area contributed by atoms with Crippen LogP contribution in [0.15, 0.2) is 12.3 Å². The number of nitrogens with two attached hydrogens (primary N) is 1. The molecule has 64 valence electrons. The summed E-state index contributed by atoms with van der Waals surface area (Å²) in [5.74, 6) is 0.553. The highest BCUT2D eigenvalue weighted by Crippen LogP contribution is 1.85. The minimum atomic E-state index is -0.598. The number of aromatic amines is 1. The molecule has 0 aliphatic carbocycles. The molecule has 0 fully saturated rings. The SMILES string of the molecule is NC(=O)NC=CCc1nn[nH]n1. The molecule has 0 spiro atoms. The zero-order valence-corrected chi connectivity index (χ0v) is 6.19. The van der Waals surface area contributed by atoms with Gasteiger partial charge in [0, 0.05) is 12.6 Å². The average Bonchev–Trinajstić information content (AvgIpc) is 2.49. The van der Waals surface area contributed by atoms with E-state index in [1.807, 2.05) is 0 Å². The van der Waals surface area contributed by atoms with Crippen molar-refractivity contribution < 1.29 is 4.79 Å². The Morgan fingerprint density at radius 2 is 2.58 bits per heavy atom. The first-order valence-electron chi connectivity index (χ1n) is 3.22. The van der Waals surface area contributed by atoms with Crippen LogP contribution in [0.4, 0.5) is 4.79 Å². The largest absolute Gasteiger partial charge is 0.351 e. The van der Waals surface area contributed by atoms with E-state index in [-0.39, 0.29) is 0 Å². The van der Waals surface area contributed by atoms with E-state index in [2.05, 4.69) is 25.9 Å². The summed E-state index contributed by atoms with van der Waals surface area (Å²) in [6.45, 7) is 0. The standard InChI is InChI=1S/C5H8N6O/c6-5(12)7-3-1-2-4-8-10-11-9-4/h1,3H,2H2,(H3,6,7,12)(H,8,9,10,11). The number of allylic oxidation sites excluding steroid dienone is 1. The number of carbonyl (C=O) groups is 1. The molecule has 0 atom stereocenters. The summed E-state index contributed by atoms with van der Waals surface area (Å²) < 4.78 is 0. The fourth-order valence-corrected chi connectivity index (χ4v) is 0.574. The molecular formula is C5H8N6O. The number of amides is 2. The summed E-state index contributed by atoms with van der Waals surface area (Å²) >= 11 is 0. The fourth-order valence-electron chi connectivity index (χ4n) is 0.574. The number of hydrogen-bond donors (Lipinski definition) is 3. The molecule has 0 saturated heterocycles. The van der Waals surface area contributed by atoms with Crippen LogP contribution in [0.25, 0.3) is 0 Å². The second-order valence-electron chi connectivity index (χ2n) is 1.94. The topological polar surface area (TPSA) is 110 Å². The third-order valence-corrected chi connectivity index (χ3v) is 1.03. The van der Waals surface area contributed by atoms with Crippen molar-refractivity contribution >= 4 is 6.03 Å². The summed E-state index contributed by atoms with van der Waals surface area (Å²) in [7, 11) is 0. The number of primary amides is 1. The number of nitrogens with one attached hydrogen (secondary N) is 2. The number of aromatic nitrogens is 4. The van der Waals surface area contributed by atoms with Crippen LogP contribution in [-0.2, 0) is 6.42 Å². The lowest BCUT2D eigenvalue weighted by Crippen LogP contribution is -2.23. The summed E-state index contributed by atoms with van der Waals surface area (Å²) in [4.78, 5) is 10.2. The quantitative estimate of drug-likeness (QED) is 0.533. The van der Waals surface area contributed by atoms with Gasteiger partial charge in [-0.2, -0.15) is 5.21 Å². The number of H-pyrrole nitrogens is 1. The van der Waals surface area contributed by atoms with Crippen LogP contribution in [0, 0.1) is 0 Å². The van der Waals surface area contributed by atoms with Crippen molar-refractivity contribution in [3.05, 3.63) is 18.1 Å². The molecule has 0 unspecified atom stereocenters. The molecule has 0 radical (unpaired) electrons.